The SMILES string of the molecule is O=C(O)C1N=CN2c3cccnc3CCCC12. The van der Waals surface area contributed by atoms with Crippen LogP contribution in [0.2, 0.25) is 0 Å². The first-order chi connectivity index (χ1) is 8.27. The predicted molar refractivity (Wildman–Crippen MR) is 63.4 cm³/mol. The van der Waals surface area contributed by atoms with E-state index in [9.17, 15) is 4.79 Å². The summed E-state index contributed by atoms with van der Waals surface area (Å²) in [6.45, 7) is 0. The van der Waals surface area contributed by atoms with Crippen molar-refractivity contribution in [2.75, 3.05) is 4.90 Å². The van der Waals surface area contributed by atoms with Gasteiger partial charge in [-0.25, -0.2) is 4.79 Å². The zero-order chi connectivity index (χ0) is 11.8. The Morgan fingerprint density at radius 3 is 3.24 bits per heavy atom. The second kappa shape index (κ2) is 3.84. The first-order valence-electron chi connectivity index (χ1n) is 5.76. The van der Waals surface area contributed by atoms with Crippen LogP contribution in [0.1, 0.15) is 18.5 Å². The molecule has 0 amide bonds. The summed E-state index contributed by atoms with van der Waals surface area (Å²) in [4.78, 5) is 21.5. The first kappa shape index (κ1) is 10.3. The number of rotatable bonds is 1. The maximum absolute atomic E-state index is 11.1. The molecule has 5 nitrogen and oxygen atoms in total. The molecule has 0 aliphatic carbocycles. The van der Waals surface area contributed by atoms with Crippen molar-refractivity contribution >= 4 is 18.0 Å². The van der Waals surface area contributed by atoms with Crippen LogP contribution < -0.4 is 4.90 Å². The molecule has 2 unspecified atom stereocenters. The Balaban J connectivity index is 2.01. The molecule has 17 heavy (non-hydrogen) atoms. The van der Waals surface area contributed by atoms with Crippen LogP contribution in [0.5, 0.6) is 0 Å². The number of aliphatic carboxylic acids is 1. The van der Waals surface area contributed by atoms with Crippen LogP contribution in [0.25, 0.3) is 0 Å². The number of pyridine rings is 1. The van der Waals surface area contributed by atoms with E-state index in [4.69, 9.17) is 5.11 Å². The van der Waals surface area contributed by atoms with Crippen molar-refractivity contribution in [1.82, 2.24) is 4.98 Å². The second-order valence-corrected chi connectivity index (χ2v) is 4.38. The summed E-state index contributed by atoms with van der Waals surface area (Å²) in [7, 11) is 0. The van der Waals surface area contributed by atoms with Gasteiger partial charge < -0.3 is 10.0 Å². The van der Waals surface area contributed by atoms with Gasteiger partial charge in [-0.05, 0) is 31.4 Å². The molecule has 1 aromatic rings. The van der Waals surface area contributed by atoms with Gasteiger partial charge in [0.2, 0.25) is 0 Å². The van der Waals surface area contributed by atoms with Crippen molar-refractivity contribution in [2.24, 2.45) is 4.99 Å². The van der Waals surface area contributed by atoms with Crippen molar-refractivity contribution in [2.45, 2.75) is 31.3 Å². The number of carboxylic acid groups (broad SMARTS) is 1. The van der Waals surface area contributed by atoms with E-state index in [1.54, 1.807) is 12.5 Å². The Labute approximate surface area is 98.8 Å². The highest BCUT2D eigenvalue weighted by molar-refractivity contribution is 5.90. The topological polar surface area (TPSA) is 65.8 Å². The van der Waals surface area contributed by atoms with E-state index in [1.807, 2.05) is 17.0 Å². The van der Waals surface area contributed by atoms with Crippen LogP contribution in [-0.2, 0) is 11.2 Å². The minimum Gasteiger partial charge on any atom is -0.480 e. The van der Waals surface area contributed by atoms with E-state index in [1.165, 1.54) is 0 Å². The maximum atomic E-state index is 11.1. The summed E-state index contributed by atoms with van der Waals surface area (Å²) in [6.07, 6.45) is 6.13. The van der Waals surface area contributed by atoms with Crippen LogP contribution in [0.15, 0.2) is 23.3 Å². The number of hydrogen-bond donors (Lipinski definition) is 1. The molecule has 0 saturated heterocycles. The van der Waals surface area contributed by atoms with Gasteiger partial charge in [-0.3, -0.25) is 9.98 Å². The zero-order valence-corrected chi connectivity index (χ0v) is 9.28. The molecule has 1 aromatic heterocycles. The van der Waals surface area contributed by atoms with Gasteiger partial charge in [-0.1, -0.05) is 0 Å². The lowest BCUT2D eigenvalue weighted by Crippen LogP contribution is -2.39. The predicted octanol–water partition coefficient (Wildman–Crippen LogP) is 1.09. The molecule has 0 radical (unpaired) electrons. The third kappa shape index (κ3) is 1.58. The van der Waals surface area contributed by atoms with Gasteiger partial charge in [0, 0.05) is 6.20 Å². The van der Waals surface area contributed by atoms with Gasteiger partial charge in [-0.15, -0.1) is 0 Å². The molecule has 88 valence electrons. The largest absolute Gasteiger partial charge is 0.480 e. The number of nitrogens with zero attached hydrogens (tertiary/aromatic N) is 3. The summed E-state index contributed by atoms with van der Waals surface area (Å²) >= 11 is 0. The van der Waals surface area contributed by atoms with Gasteiger partial charge in [0.15, 0.2) is 6.04 Å². The highest BCUT2D eigenvalue weighted by Crippen LogP contribution is 2.31. The molecule has 0 bridgehead atoms. The number of aromatic nitrogens is 1. The van der Waals surface area contributed by atoms with Crippen molar-refractivity contribution in [3.05, 3.63) is 24.0 Å². The Bertz CT molecular complexity index is 486. The van der Waals surface area contributed by atoms with Gasteiger partial charge >= 0.3 is 5.97 Å². The Morgan fingerprint density at radius 2 is 2.41 bits per heavy atom. The molecule has 0 aromatic carbocycles. The van der Waals surface area contributed by atoms with E-state index in [-0.39, 0.29) is 6.04 Å². The van der Waals surface area contributed by atoms with E-state index >= 15 is 0 Å². The quantitative estimate of drug-likeness (QED) is 0.785. The zero-order valence-electron chi connectivity index (χ0n) is 9.28. The van der Waals surface area contributed by atoms with Gasteiger partial charge in [-0.2, -0.15) is 0 Å². The second-order valence-electron chi connectivity index (χ2n) is 4.38. The van der Waals surface area contributed by atoms with Crippen LogP contribution >= 0.6 is 0 Å². The van der Waals surface area contributed by atoms with Gasteiger partial charge in [0.05, 0.1) is 23.8 Å². The van der Waals surface area contributed by atoms with E-state index in [2.05, 4.69) is 9.98 Å². The lowest BCUT2D eigenvalue weighted by atomic mass is 10.0. The number of aryl methyl sites for hydroxylation is 1. The van der Waals surface area contributed by atoms with Gasteiger partial charge in [0.1, 0.15) is 0 Å². The summed E-state index contributed by atoms with van der Waals surface area (Å²) in [5.41, 5.74) is 2.04. The number of fused-ring (bicyclic) bond motifs is 3. The molecule has 0 spiro atoms. The van der Waals surface area contributed by atoms with Crippen LogP contribution in [0, 0.1) is 0 Å². The van der Waals surface area contributed by atoms with E-state index in [0.29, 0.717) is 0 Å². The standard InChI is InChI=1S/C12H13N3O2/c16-12(17)11-10-4-1-3-8-9(5-2-6-13-8)15(10)7-14-11/h2,5-7,10-11H,1,3-4H2,(H,16,17). The molecule has 2 atom stereocenters. The van der Waals surface area contributed by atoms with Crippen molar-refractivity contribution in [1.29, 1.82) is 0 Å². The Kier molecular flexibility index (Phi) is 2.31. The smallest absolute Gasteiger partial charge is 0.330 e. The number of anilines is 1. The fraction of sp³-hybridized carbons (Fsp3) is 0.417. The molecule has 3 heterocycles. The normalized spacial score (nSPS) is 26.2. The highest BCUT2D eigenvalue weighted by Gasteiger charge is 2.38. The Hall–Kier alpha value is -1.91. The lowest BCUT2D eigenvalue weighted by molar-refractivity contribution is -0.138. The highest BCUT2D eigenvalue weighted by atomic mass is 16.4. The van der Waals surface area contributed by atoms with Crippen LogP contribution in [0.4, 0.5) is 5.69 Å². The monoisotopic (exact) mass is 231 g/mol. The van der Waals surface area contributed by atoms with Crippen LogP contribution in [0.3, 0.4) is 0 Å². The third-order valence-corrected chi connectivity index (χ3v) is 3.38. The first-order valence-corrected chi connectivity index (χ1v) is 5.76. The number of carbonyl (C=O) groups is 1. The van der Waals surface area contributed by atoms with E-state index in [0.717, 1.165) is 30.6 Å². The molecule has 2 aliphatic heterocycles. The van der Waals surface area contributed by atoms with Crippen LogP contribution in [-0.4, -0.2) is 34.5 Å². The molecule has 2 aliphatic rings. The minimum atomic E-state index is -0.846. The molecule has 1 N–H and O–H groups in total. The van der Waals surface area contributed by atoms with Crippen molar-refractivity contribution < 1.29 is 9.90 Å². The Morgan fingerprint density at radius 1 is 1.53 bits per heavy atom. The molecular weight excluding hydrogens is 218 g/mol. The molecule has 0 saturated carbocycles. The fourth-order valence-electron chi connectivity index (χ4n) is 2.58. The summed E-state index contributed by atoms with van der Waals surface area (Å²) in [6, 6.07) is 3.17. The van der Waals surface area contributed by atoms with E-state index < -0.39 is 12.0 Å². The number of aliphatic imine (C=N–C) groups is 1. The minimum absolute atomic E-state index is 0.0575. The maximum Gasteiger partial charge on any atom is 0.330 e. The molecular formula is C12H13N3O2. The molecule has 3 rings (SSSR count). The summed E-state index contributed by atoms with van der Waals surface area (Å²) in [5, 5.41) is 9.14. The molecule has 5 heteroatoms. The lowest BCUT2D eigenvalue weighted by Gasteiger charge is -2.24. The summed E-state index contributed by atoms with van der Waals surface area (Å²) in [5.74, 6) is -0.846. The summed E-state index contributed by atoms with van der Waals surface area (Å²) < 4.78 is 0. The fourth-order valence-corrected chi connectivity index (χ4v) is 2.58. The van der Waals surface area contributed by atoms with Gasteiger partial charge in [0.25, 0.3) is 0 Å². The number of carboxylic acids is 1. The van der Waals surface area contributed by atoms with Crippen molar-refractivity contribution in [3.8, 4) is 0 Å². The third-order valence-electron chi connectivity index (χ3n) is 3.38. The average Bonchev–Trinajstić information content (AvgIpc) is 2.66. The number of hydrogen-bond acceptors (Lipinski definition) is 4. The molecule has 0 fully saturated rings. The van der Waals surface area contributed by atoms with Crippen molar-refractivity contribution in [3.63, 3.8) is 0 Å². The average molecular weight is 231 g/mol.